The van der Waals surface area contributed by atoms with Crippen LogP contribution in [-0.4, -0.2) is 0 Å². The van der Waals surface area contributed by atoms with Gasteiger partial charge in [-0.05, 0) is 122 Å². The lowest BCUT2D eigenvalue weighted by Crippen LogP contribution is -2.19. The van der Waals surface area contributed by atoms with Gasteiger partial charge < -0.3 is 0 Å². The minimum absolute atomic E-state index is 0.745. The van der Waals surface area contributed by atoms with Crippen LogP contribution in [0.4, 0.5) is 0 Å². The molecule has 40 heavy (non-hydrogen) atoms. The van der Waals surface area contributed by atoms with Crippen molar-refractivity contribution in [2.45, 2.75) is 89.4 Å². The van der Waals surface area contributed by atoms with Crippen molar-refractivity contribution in [1.29, 1.82) is 0 Å². The molecule has 2 aliphatic rings. The summed E-state index contributed by atoms with van der Waals surface area (Å²) in [4.78, 5) is 0. The van der Waals surface area contributed by atoms with Crippen LogP contribution < -0.4 is 0 Å². The van der Waals surface area contributed by atoms with E-state index in [4.69, 9.17) is 0 Å². The van der Waals surface area contributed by atoms with E-state index in [1.165, 1.54) is 86.5 Å². The van der Waals surface area contributed by atoms with Gasteiger partial charge >= 0.3 is 0 Å². The average molecular weight is 527 g/mol. The van der Waals surface area contributed by atoms with E-state index in [1.54, 1.807) is 16.7 Å². The first-order valence-corrected chi connectivity index (χ1v) is 16.0. The van der Waals surface area contributed by atoms with E-state index in [1.807, 2.05) is 0 Å². The molecule has 0 bridgehead atoms. The molecule has 0 aromatic heterocycles. The highest BCUT2D eigenvalue weighted by Gasteiger charge is 2.27. The third-order valence-electron chi connectivity index (χ3n) is 9.98. The molecule has 2 unspecified atom stereocenters. The number of benzene rings is 4. The van der Waals surface area contributed by atoms with Gasteiger partial charge in [-0.15, -0.1) is 0 Å². The van der Waals surface area contributed by atoms with E-state index >= 15 is 0 Å². The highest BCUT2D eigenvalue weighted by atomic mass is 14.3. The van der Waals surface area contributed by atoms with E-state index in [-0.39, 0.29) is 0 Å². The highest BCUT2D eigenvalue weighted by Crippen LogP contribution is 2.41. The molecule has 6 rings (SSSR count). The Morgan fingerprint density at radius 1 is 0.525 bits per heavy atom. The summed E-state index contributed by atoms with van der Waals surface area (Å²) in [6.45, 7) is 2.20. The van der Waals surface area contributed by atoms with Crippen LogP contribution in [0.1, 0.15) is 102 Å². The molecule has 4 aromatic carbocycles. The van der Waals surface area contributed by atoms with Crippen molar-refractivity contribution in [3.8, 4) is 0 Å². The van der Waals surface area contributed by atoms with Crippen molar-refractivity contribution in [2.24, 2.45) is 11.8 Å². The summed E-state index contributed by atoms with van der Waals surface area (Å²) in [5.41, 5.74) is 10.6. The zero-order chi connectivity index (χ0) is 27.1. The van der Waals surface area contributed by atoms with Crippen LogP contribution in [0.15, 0.2) is 103 Å². The summed E-state index contributed by atoms with van der Waals surface area (Å²) in [6, 6.07) is 39.1. The summed E-state index contributed by atoms with van der Waals surface area (Å²) in [5, 5.41) is 0. The molecule has 0 spiro atoms. The summed E-state index contributed by atoms with van der Waals surface area (Å²) in [7, 11) is 0. The van der Waals surface area contributed by atoms with E-state index in [2.05, 4.69) is 110 Å². The summed E-state index contributed by atoms with van der Waals surface area (Å²) < 4.78 is 0. The first-order chi connectivity index (χ1) is 19.7. The Hall–Kier alpha value is -3.12. The van der Waals surface area contributed by atoms with Crippen molar-refractivity contribution < 1.29 is 0 Å². The molecule has 0 aliphatic heterocycles. The maximum absolute atomic E-state index is 2.46. The van der Waals surface area contributed by atoms with Gasteiger partial charge in [0.15, 0.2) is 0 Å². The number of hydrogen-bond donors (Lipinski definition) is 0. The lowest BCUT2D eigenvalue weighted by Gasteiger charge is -2.33. The van der Waals surface area contributed by atoms with Crippen LogP contribution in [0.3, 0.4) is 0 Å². The molecule has 0 heteroatoms. The fraction of sp³-hybridized carbons (Fsp3) is 0.400. The van der Waals surface area contributed by atoms with Crippen LogP contribution in [-0.2, 0) is 19.3 Å². The molecule has 0 saturated heterocycles. The normalized spacial score (nSPS) is 23.1. The molecule has 0 N–H and O–H groups in total. The zero-order valence-electron chi connectivity index (χ0n) is 24.4. The Morgan fingerprint density at radius 2 is 1.20 bits per heavy atom. The molecule has 2 saturated carbocycles. The number of hydrogen-bond acceptors (Lipinski definition) is 0. The number of aryl methyl sites for hydroxylation is 1. The lowest BCUT2D eigenvalue weighted by molar-refractivity contribution is 0.312. The van der Waals surface area contributed by atoms with Gasteiger partial charge in [0, 0.05) is 0 Å². The summed E-state index contributed by atoms with van der Waals surface area (Å²) in [5.74, 6) is 3.14. The standard InChI is InChI=1S/C40H46/c1-30-14-22-36(23-15-30)38-12-7-10-35(28-38)29-39-11-5-6-13-40(39)37-24-20-34(21-25-37)27-33-18-16-32(17-19-33)26-31-8-3-2-4-9-31/h2-6,8-9,11,13-19,22-23,34-35,37-38H,7,10,12,20-21,24-29H2,1H3. The fourth-order valence-corrected chi connectivity index (χ4v) is 7.68. The van der Waals surface area contributed by atoms with E-state index in [9.17, 15) is 0 Å². The molecule has 0 radical (unpaired) electrons. The van der Waals surface area contributed by atoms with E-state index in [0.717, 1.165) is 30.1 Å². The average Bonchev–Trinajstić information content (AvgIpc) is 3.00. The van der Waals surface area contributed by atoms with Gasteiger partial charge in [-0.25, -0.2) is 0 Å². The Bertz CT molecular complexity index is 1320. The van der Waals surface area contributed by atoms with Crippen LogP contribution in [0.5, 0.6) is 0 Å². The minimum Gasteiger partial charge on any atom is -0.0622 e. The third kappa shape index (κ3) is 6.95. The Morgan fingerprint density at radius 3 is 1.98 bits per heavy atom. The molecule has 2 atom stereocenters. The summed E-state index contributed by atoms with van der Waals surface area (Å²) in [6.07, 6.45) is 14.5. The Labute approximate surface area is 242 Å². The zero-order valence-corrected chi connectivity index (χ0v) is 24.4. The van der Waals surface area contributed by atoms with Gasteiger partial charge in [-0.3, -0.25) is 0 Å². The lowest BCUT2D eigenvalue weighted by atomic mass is 9.72. The van der Waals surface area contributed by atoms with Gasteiger partial charge in [-0.2, -0.15) is 0 Å². The maximum atomic E-state index is 2.46. The molecule has 2 aliphatic carbocycles. The van der Waals surface area contributed by atoms with Gasteiger partial charge in [-0.1, -0.05) is 122 Å². The van der Waals surface area contributed by atoms with E-state index < -0.39 is 0 Å². The second-order valence-corrected chi connectivity index (χ2v) is 12.9. The topological polar surface area (TPSA) is 0 Å². The van der Waals surface area contributed by atoms with Crippen LogP contribution >= 0.6 is 0 Å². The monoisotopic (exact) mass is 526 g/mol. The number of rotatable bonds is 8. The SMILES string of the molecule is Cc1ccc(C2CCCC(Cc3ccccc3C3CCC(Cc4ccc(Cc5ccccc5)cc4)CC3)C2)cc1. The predicted molar refractivity (Wildman–Crippen MR) is 170 cm³/mol. The van der Waals surface area contributed by atoms with Crippen molar-refractivity contribution in [3.05, 3.63) is 142 Å². The maximum Gasteiger partial charge on any atom is -0.00258 e. The van der Waals surface area contributed by atoms with Gasteiger partial charge in [0.1, 0.15) is 0 Å². The van der Waals surface area contributed by atoms with Crippen molar-refractivity contribution in [1.82, 2.24) is 0 Å². The first kappa shape index (κ1) is 27.1. The molecule has 0 amide bonds. The summed E-state index contributed by atoms with van der Waals surface area (Å²) >= 11 is 0. The second kappa shape index (κ2) is 13.0. The van der Waals surface area contributed by atoms with Gasteiger partial charge in [0.05, 0.1) is 0 Å². The smallest absolute Gasteiger partial charge is 0.00258 e. The Balaban J connectivity index is 1.03. The van der Waals surface area contributed by atoms with Crippen LogP contribution in [0, 0.1) is 18.8 Å². The van der Waals surface area contributed by atoms with Crippen LogP contribution in [0.2, 0.25) is 0 Å². The molecule has 0 nitrogen and oxygen atoms in total. The quantitative estimate of drug-likeness (QED) is 0.214. The molecule has 0 heterocycles. The first-order valence-electron chi connectivity index (χ1n) is 16.0. The second-order valence-electron chi connectivity index (χ2n) is 12.9. The molecule has 4 aromatic rings. The van der Waals surface area contributed by atoms with Crippen LogP contribution in [0.25, 0.3) is 0 Å². The predicted octanol–water partition coefficient (Wildman–Crippen LogP) is 10.6. The molecule has 206 valence electrons. The highest BCUT2D eigenvalue weighted by molar-refractivity contribution is 5.33. The third-order valence-corrected chi connectivity index (χ3v) is 9.98. The van der Waals surface area contributed by atoms with Gasteiger partial charge in [0.25, 0.3) is 0 Å². The Kier molecular flexibility index (Phi) is 8.82. The fourth-order valence-electron chi connectivity index (χ4n) is 7.68. The molecular weight excluding hydrogens is 480 g/mol. The minimum atomic E-state index is 0.745. The van der Waals surface area contributed by atoms with Crippen molar-refractivity contribution in [3.63, 3.8) is 0 Å². The van der Waals surface area contributed by atoms with Crippen molar-refractivity contribution >= 4 is 0 Å². The van der Waals surface area contributed by atoms with E-state index in [0.29, 0.717) is 0 Å². The van der Waals surface area contributed by atoms with Crippen molar-refractivity contribution in [2.75, 3.05) is 0 Å². The van der Waals surface area contributed by atoms with Gasteiger partial charge in [0.2, 0.25) is 0 Å². The molecular formula is C40H46. The molecule has 2 fully saturated rings. The largest absolute Gasteiger partial charge is 0.0622 e.